The van der Waals surface area contributed by atoms with Gasteiger partial charge in [0.05, 0.1) is 0 Å². The van der Waals surface area contributed by atoms with E-state index in [-0.39, 0.29) is 6.61 Å². The van der Waals surface area contributed by atoms with Crippen LogP contribution in [0.5, 0.6) is 0 Å². The molecule has 0 aromatic carbocycles. The number of amides is 1. The molecule has 8 heteroatoms. The van der Waals surface area contributed by atoms with Crippen molar-refractivity contribution in [2.24, 2.45) is 5.92 Å². The molecule has 1 heterocycles. The summed E-state index contributed by atoms with van der Waals surface area (Å²) in [5.41, 5.74) is 0. The molecule has 0 radical (unpaired) electrons. The van der Waals surface area contributed by atoms with Crippen molar-refractivity contribution in [1.29, 1.82) is 0 Å². The van der Waals surface area contributed by atoms with Crippen molar-refractivity contribution in [3.63, 3.8) is 0 Å². The van der Waals surface area contributed by atoms with Gasteiger partial charge in [0.1, 0.15) is 19.1 Å². The van der Waals surface area contributed by atoms with Crippen LogP contribution < -0.4 is 0 Å². The predicted octanol–water partition coefficient (Wildman–Crippen LogP) is 0.702. The summed E-state index contributed by atoms with van der Waals surface area (Å²) < 4.78 is 40.2. The molecule has 0 bridgehead atoms. The minimum Gasteiger partial charge on any atom is -0.481 e. The summed E-state index contributed by atoms with van der Waals surface area (Å²) >= 11 is 0. The Morgan fingerprint density at radius 2 is 2.20 bits per heavy atom. The van der Waals surface area contributed by atoms with Gasteiger partial charge in [-0.1, -0.05) is 0 Å². The smallest absolute Gasteiger partial charge is 0.410 e. The highest BCUT2D eigenvalue weighted by Crippen LogP contribution is 2.20. The predicted molar refractivity (Wildman–Crippen MR) is 40.1 cm³/mol. The summed E-state index contributed by atoms with van der Waals surface area (Å²) in [6.45, 7) is -2.36. The van der Waals surface area contributed by atoms with Crippen LogP contribution >= 0.6 is 0 Å². The maximum absolute atomic E-state index is 11.9. The van der Waals surface area contributed by atoms with Crippen LogP contribution in [-0.4, -0.2) is 47.9 Å². The second-order valence-electron chi connectivity index (χ2n) is 3.11. The molecule has 86 valence electrons. The third kappa shape index (κ3) is 3.30. The zero-order valence-electron chi connectivity index (χ0n) is 7.45. The first-order valence-corrected chi connectivity index (χ1v) is 4.01. The molecular weight excluding hydrogens is 219 g/mol. The lowest BCUT2D eigenvalue weighted by atomic mass is 10.1. The summed E-state index contributed by atoms with van der Waals surface area (Å²) in [5.74, 6) is -2.39. The van der Waals surface area contributed by atoms with E-state index >= 15 is 0 Å². The molecule has 0 aliphatic carbocycles. The van der Waals surface area contributed by atoms with Gasteiger partial charge in [0.2, 0.25) is 0 Å². The molecule has 1 amide bonds. The minimum absolute atomic E-state index is 0.336. The Balaban J connectivity index is 2.62. The van der Waals surface area contributed by atoms with Crippen LogP contribution in [0.2, 0.25) is 0 Å². The fourth-order valence-electron chi connectivity index (χ4n) is 1.15. The van der Waals surface area contributed by atoms with Crippen LogP contribution in [0, 0.1) is 5.92 Å². The standard InChI is InChI=1S/C7H8F3NO4/c8-7(9,10)3-11-1-4(5(12)13)2-15-6(11)14/h4H,1-3H2,(H,12,13). The number of carbonyl (C=O) groups excluding carboxylic acids is 1. The Bertz CT molecular complexity index is 278. The van der Waals surface area contributed by atoms with Crippen molar-refractivity contribution in [2.45, 2.75) is 6.18 Å². The van der Waals surface area contributed by atoms with Gasteiger partial charge in [-0.3, -0.25) is 9.69 Å². The average molecular weight is 227 g/mol. The van der Waals surface area contributed by atoms with Crippen molar-refractivity contribution in [2.75, 3.05) is 19.7 Å². The first kappa shape index (κ1) is 11.6. The van der Waals surface area contributed by atoms with E-state index in [0.717, 1.165) is 0 Å². The van der Waals surface area contributed by atoms with Crippen LogP contribution in [0.3, 0.4) is 0 Å². The molecule has 1 rings (SSSR count). The number of carbonyl (C=O) groups is 2. The van der Waals surface area contributed by atoms with E-state index in [2.05, 4.69) is 4.74 Å². The van der Waals surface area contributed by atoms with Crippen molar-refractivity contribution in [1.82, 2.24) is 4.90 Å². The number of halogens is 3. The minimum atomic E-state index is -4.56. The van der Waals surface area contributed by atoms with Crippen LogP contribution in [0.15, 0.2) is 0 Å². The number of hydrogen-bond acceptors (Lipinski definition) is 3. The topological polar surface area (TPSA) is 66.8 Å². The Kier molecular flexibility index (Phi) is 3.06. The number of carboxylic acids is 1. The monoisotopic (exact) mass is 227 g/mol. The fourth-order valence-corrected chi connectivity index (χ4v) is 1.15. The molecule has 5 nitrogen and oxygen atoms in total. The number of hydrogen-bond donors (Lipinski definition) is 1. The lowest BCUT2D eigenvalue weighted by Gasteiger charge is -2.30. The molecule has 1 N–H and O–H groups in total. The third-order valence-corrected chi connectivity index (χ3v) is 1.83. The maximum atomic E-state index is 11.9. The van der Waals surface area contributed by atoms with Gasteiger partial charge in [-0.15, -0.1) is 0 Å². The van der Waals surface area contributed by atoms with E-state index in [4.69, 9.17) is 5.11 Å². The fraction of sp³-hybridized carbons (Fsp3) is 0.714. The second kappa shape index (κ2) is 3.95. The average Bonchev–Trinajstić information content (AvgIpc) is 2.06. The van der Waals surface area contributed by atoms with Gasteiger partial charge in [-0.25, -0.2) is 4.79 Å². The first-order valence-electron chi connectivity index (χ1n) is 4.01. The highest BCUT2D eigenvalue weighted by molar-refractivity contribution is 5.75. The van der Waals surface area contributed by atoms with Crippen molar-refractivity contribution in [3.8, 4) is 0 Å². The summed E-state index contributed by atoms with van der Waals surface area (Å²) in [6.07, 6.45) is -5.69. The van der Waals surface area contributed by atoms with Crippen LogP contribution in [0.1, 0.15) is 0 Å². The quantitative estimate of drug-likeness (QED) is 0.754. The van der Waals surface area contributed by atoms with Crippen LogP contribution in [-0.2, 0) is 9.53 Å². The Morgan fingerprint density at radius 1 is 1.60 bits per heavy atom. The molecule has 0 aromatic rings. The molecule has 1 aliphatic rings. The molecule has 1 unspecified atom stereocenters. The zero-order valence-corrected chi connectivity index (χ0v) is 7.45. The zero-order chi connectivity index (χ0) is 11.6. The van der Waals surface area contributed by atoms with Crippen LogP contribution in [0.25, 0.3) is 0 Å². The Labute approximate surface area is 82.4 Å². The number of rotatable bonds is 2. The largest absolute Gasteiger partial charge is 0.481 e. The lowest BCUT2D eigenvalue weighted by molar-refractivity contribution is -0.157. The van der Waals surface area contributed by atoms with Gasteiger partial charge in [0.15, 0.2) is 0 Å². The number of aliphatic carboxylic acids is 1. The summed E-state index contributed by atoms with van der Waals surface area (Å²) in [4.78, 5) is 21.7. The summed E-state index contributed by atoms with van der Waals surface area (Å²) in [6, 6.07) is 0. The second-order valence-corrected chi connectivity index (χ2v) is 3.11. The number of cyclic esters (lactones) is 1. The normalized spacial score (nSPS) is 22.5. The summed E-state index contributed by atoms with van der Waals surface area (Å²) in [5, 5.41) is 8.54. The molecule has 1 atom stereocenters. The molecule has 0 saturated carbocycles. The molecule has 1 fully saturated rings. The van der Waals surface area contributed by atoms with Crippen molar-refractivity contribution >= 4 is 12.1 Å². The van der Waals surface area contributed by atoms with E-state index in [1.54, 1.807) is 0 Å². The van der Waals surface area contributed by atoms with Gasteiger partial charge >= 0.3 is 18.2 Å². The highest BCUT2D eigenvalue weighted by Gasteiger charge is 2.39. The Morgan fingerprint density at radius 3 is 2.67 bits per heavy atom. The first-order chi connectivity index (χ1) is 6.79. The molecule has 1 aliphatic heterocycles. The SMILES string of the molecule is O=C(O)C1COC(=O)N(CC(F)(F)F)C1. The highest BCUT2D eigenvalue weighted by atomic mass is 19.4. The molecule has 1 saturated heterocycles. The molecule has 15 heavy (non-hydrogen) atoms. The van der Waals surface area contributed by atoms with Gasteiger partial charge in [0, 0.05) is 6.54 Å². The Hall–Kier alpha value is -1.47. The van der Waals surface area contributed by atoms with Crippen LogP contribution in [0.4, 0.5) is 18.0 Å². The number of alkyl halides is 3. The number of nitrogens with zero attached hydrogens (tertiary/aromatic N) is 1. The van der Waals surface area contributed by atoms with E-state index in [1.165, 1.54) is 0 Å². The summed E-state index contributed by atoms with van der Waals surface area (Å²) in [7, 11) is 0. The van der Waals surface area contributed by atoms with Gasteiger partial charge in [0.25, 0.3) is 0 Å². The maximum Gasteiger partial charge on any atom is 0.410 e. The molecule has 0 spiro atoms. The van der Waals surface area contributed by atoms with E-state index < -0.39 is 37.2 Å². The van der Waals surface area contributed by atoms with Crippen molar-refractivity contribution < 1.29 is 32.6 Å². The third-order valence-electron chi connectivity index (χ3n) is 1.83. The number of carboxylic acid groups (broad SMARTS) is 1. The van der Waals surface area contributed by atoms with E-state index in [1.807, 2.05) is 0 Å². The molecule has 0 aromatic heterocycles. The van der Waals surface area contributed by atoms with E-state index in [0.29, 0.717) is 4.90 Å². The number of ether oxygens (including phenoxy) is 1. The lowest BCUT2D eigenvalue weighted by Crippen LogP contribution is -2.49. The van der Waals surface area contributed by atoms with Gasteiger partial charge < -0.3 is 9.84 Å². The van der Waals surface area contributed by atoms with Gasteiger partial charge in [-0.2, -0.15) is 13.2 Å². The van der Waals surface area contributed by atoms with Gasteiger partial charge in [-0.05, 0) is 0 Å². The van der Waals surface area contributed by atoms with Crippen molar-refractivity contribution in [3.05, 3.63) is 0 Å². The molecular formula is C7H8F3NO4. The van der Waals surface area contributed by atoms with E-state index in [9.17, 15) is 22.8 Å².